The Kier molecular flexibility index (Phi) is 3.30. The van der Waals surface area contributed by atoms with Gasteiger partial charge in [-0.25, -0.2) is 14.6 Å². The van der Waals surface area contributed by atoms with E-state index in [1.54, 1.807) is 35.3 Å². The van der Waals surface area contributed by atoms with E-state index in [2.05, 4.69) is 20.4 Å². The number of anilines is 2. The van der Waals surface area contributed by atoms with E-state index in [-0.39, 0.29) is 5.91 Å². The Hall–Kier alpha value is -3.22. The van der Waals surface area contributed by atoms with Gasteiger partial charge < -0.3 is 11.1 Å². The van der Waals surface area contributed by atoms with E-state index in [0.717, 1.165) is 5.69 Å². The van der Waals surface area contributed by atoms with E-state index < -0.39 is 0 Å². The third-order valence-corrected chi connectivity index (χ3v) is 2.83. The maximum absolute atomic E-state index is 12.0. The van der Waals surface area contributed by atoms with Gasteiger partial charge in [-0.1, -0.05) is 0 Å². The summed E-state index contributed by atoms with van der Waals surface area (Å²) in [6.07, 6.45) is 4.51. The van der Waals surface area contributed by atoms with Crippen LogP contribution in [0, 0.1) is 0 Å². The number of hydrogen-bond donors (Lipinski definition) is 2. The van der Waals surface area contributed by atoms with Crippen LogP contribution in [0.3, 0.4) is 0 Å². The van der Waals surface area contributed by atoms with Gasteiger partial charge in [0.15, 0.2) is 0 Å². The predicted octanol–water partition coefficient (Wildman–Crippen LogP) is 1.50. The molecule has 7 heteroatoms. The van der Waals surface area contributed by atoms with Crippen LogP contribution in [0.15, 0.2) is 55.2 Å². The monoisotopic (exact) mass is 280 g/mol. The van der Waals surface area contributed by atoms with Gasteiger partial charge in [0.05, 0.1) is 17.6 Å². The number of carbonyl (C=O) groups is 1. The highest BCUT2D eigenvalue weighted by molar-refractivity contribution is 6.02. The van der Waals surface area contributed by atoms with E-state index in [9.17, 15) is 4.79 Å². The fraction of sp³-hybridized carbons (Fsp3) is 0. The lowest BCUT2D eigenvalue weighted by Gasteiger charge is -2.06. The highest BCUT2D eigenvalue weighted by Gasteiger charge is 2.07. The van der Waals surface area contributed by atoms with Gasteiger partial charge in [0.1, 0.15) is 18.3 Å². The Morgan fingerprint density at radius 3 is 2.57 bits per heavy atom. The smallest absolute Gasteiger partial charge is 0.274 e. The summed E-state index contributed by atoms with van der Waals surface area (Å²) < 4.78 is 1.63. The summed E-state index contributed by atoms with van der Waals surface area (Å²) in [5, 5.41) is 6.79. The molecule has 0 unspecified atom stereocenters. The molecule has 0 bridgehead atoms. The average Bonchev–Trinajstić information content (AvgIpc) is 3.03. The highest BCUT2D eigenvalue weighted by atomic mass is 16.1. The molecule has 2 heterocycles. The molecule has 1 aromatic carbocycles. The van der Waals surface area contributed by atoms with Crippen molar-refractivity contribution in [3.8, 4) is 5.69 Å². The molecule has 104 valence electrons. The third kappa shape index (κ3) is 2.86. The van der Waals surface area contributed by atoms with Crippen molar-refractivity contribution in [2.75, 3.05) is 11.1 Å². The lowest BCUT2D eigenvalue weighted by Crippen LogP contribution is -2.13. The molecule has 7 nitrogen and oxygen atoms in total. The average molecular weight is 280 g/mol. The van der Waals surface area contributed by atoms with Crippen molar-refractivity contribution in [2.24, 2.45) is 0 Å². The van der Waals surface area contributed by atoms with Crippen LogP contribution in [0.25, 0.3) is 5.69 Å². The first-order valence-corrected chi connectivity index (χ1v) is 6.20. The first-order chi connectivity index (χ1) is 10.2. The van der Waals surface area contributed by atoms with Gasteiger partial charge in [-0.2, -0.15) is 5.10 Å². The van der Waals surface area contributed by atoms with E-state index >= 15 is 0 Å². The van der Waals surface area contributed by atoms with Gasteiger partial charge in [0, 0.05) is 5.69 Å². The molecule has 0 aliphatic rings. The van der Waals surface area contributed by atoms with Gasteiger partial charge in [0.2, 0.25) is 0 Å². The normalized spacial score (nSPS) is 10.3. The quantitative estimate of drug-likeness (QED) is 0.757. The highest BCUT2D eigenvalue weighted by Crippen LogP contribution is 2.13. The molecular formula is C14H12N6O. The lowest BCUT2D eigenvalue weighted by molar-refractivity contribution is 0.102. The van der Waals surface area contributed by atoms with Gasteiger partial charge >= 0.3 is 0 Å². The molecule has 0 saturated heterocycles. The number of amides is 1. The second kappa shape index (κ2) is 5.41. The first-order valence-electron chi connectivity index (χ1n) is 6.20. The minimum Gasteiger partial charge on any atom is -0.397 e. The van der Waals surface area contributed by atoms with Crippen molar-refractivity contribution in [3.63, 3.8) is 0 Å². The van der Waals surface area contributed by atoms with Crippen molar-refractivity contribution in [2.45, 2.75) is 0 Å². The Morgan fingerprint density at radius 2 is 1.95 bits per heavy atom. The van der Waals surface area contributed by atoms with Gasteiger partial charge in [-0.15, -0.1) is 0 Å². The molecule has 0 atom stereocenters. The predicted molar refractivity (Wildman–Crippen MR) is 78.0 cm³/mol. The molecule has 21 heavy (non-hydrogen) atoms. The molecule has 0 aliphatic heterocycles. The van der Waals surface area contributed by atoms with Crippen molar-refractivity contribution < 1.29 is 4.79 Å². The zero-order valence-corrected chi connectivity index (χ0v) is 11.0. The number of carbonyl (C=O) groups excluding carboxylic acids is 1. The summed E-state index contributed by atoms with van der Waals surface area (Å²) in [5.74, 6) is -0.288. The fourth-order valence-corrected chi connectivity index (χ4v) is 1.77. The standard InChI is InChI=1S/C14H12N6O/c15-10-1-6-13(17-7-10)14(21)19-11-2-4-12(5-3-11)20-9-16-8-18-20/h1-9H,15H2,(H,19,21). The second-order valence-electron chi connectivity index (χ2n) is 4.32. The first kappa shape index (κ1) is 12.8. The number of pyridine rings is 1. The number of nitrogen functional groups attached to an aromatic ring is 1. The summed E-state index contributed by atoms with van der Waals surface area (Å²) in [7, 11) is 0. The zero-order valence-electron chi connectivity index (χ0n) is 11.0. The fourth-order valence-electron chi connectivity index (χ4n) is 1.77. The summed E-state index contributed by atoms with van der Waals surface area (Å²) in [6, 6.07) is 10.4. The van der Waals surface area contributed by atoms with Crippen LogP contribution in [0.1, 0.15) is 10.5 Å². The van der Waals surface area contributed by atoms with Crippen LogP contribution in [0.4, 0.5) is 11.4 Å². The van der Waals surface area contributed by atoms with Gasteiger partial charge in [-0.05, 0) is 36.4 Å². The summed E-state index contributed by atoms with van der Waals surface area (Å²) >= 11 is 0. The Bertz CT molecular complexity index is 734. The Balaban J connectivity index is 1.73. The second-order valence-corrected chi connectivity index (χ2v) is 4.32. The van der Waals surface area contributed by atoms with Crippen LogP contribution in [0.5, 0.6) is 0 Å². The van der Waals surface area contributed by atoms with Crippen LogP contribution >= 0.6 is 0 Å². The largest absolute Gasteiger partial charge is 0.397 e. The molecule has 0 saturated carbocycles. The van der Waals surface area contributed by atoms with Crippen molar-refractivity contribution in [1.82, 2.24) is 19.7 Å². The SMILES string of the molecule is Nc1ccc(C(=O)Nc2ccc(-n3cncn3)cc2)nc1. The summed E-state index contributed by atoms with van der Waals surface area (Å²) in [6.45, 7) is 0. The number of nitrogens with two attached hydrogens (primary N) is 1. The van der Waals surface area contributed by atoms with Gasteiger partial charge in [-0.3, -0.25) is 4.79 Å². The van der Waals surface area contributed by atoms with E-state index in [4.69, 9.17) is 5.73 Å². The minimum atomic E-state index is -0.288. The number of hydrogen-bond acceptors (Lipinski definition) is 5. The Labute approximate surface area is 120 Å². The number of rotatable bonds is 3. The molecule has 3 rings (SSSR count). The summed E-state index contributed by atoms with van der Waals surface area (Å²) in [5.41, 5.74) is 7.89. The number of nitrogens with zero attached hydrogens (tertiary/aromatic N) is 4. The molecule has 2 aromatic heterocycles. The molecular weight excluding hydrogens is 268 g/mol. The molecule has 1 amide bonds. The molecule has 0 fully saturated rings. The lowest BCUT2D eigenvalue weighted by atomic mass is 10.2. The van der Waals surface area contributed by atoms with E-state index in [1.165, 1.54) is 12.5 Å². The minimum absolute atomic E-state index is 0.288. The van der Waals surface area contributed by atoms with Crippen molar-refractivity contribution >= 4 is 17.3 Å². The maximum Gasteiger partial charge on any atom is 0.274 e. The molecule has 0 spiro atoms. The van der Waals surface area contributed by atoms with Crippen LogP contribution < -0.4 is 11.1 Å². The van der Waals surface area contributed by atoms with E-state index in [1.807, 2.05) is 12.1 Å². The number of nitrogens with one attached hydrogen (secondary N) is 1. The zero-order chi connectivity index (χ0) is 14.7. The molecule has 3 aromatic rings. The third-order valence-electron chi connectivity index (χ3n) is 2.83. The van der Waals surface area contributed by atoms with Crippen LogP contribution in [-0.4, -0.2) is 25.7 Å². The molecule has 0 aliphatic carbocycles. The van der Waals surface area contributed by atoms with Crippen LogP contribution in [0.2, 0.25) is 0 Å². The maximum atomic E-state index is 12.0. The molecule has 0 radical (unpaired) electrons. The number of benzene rings is 1. The van der Waals surface area contributed by atoms with Gasteiger partial charge in [0.25, 0.3) is 5.91 Å². The molecule has 3 N–H and O–H groups in total. The van der Waals surface area contributed by atoms with Crippen LogP contribution in [-0.2, 0) is 0 Å². The van der Waals surface area contributed by atoms with Crippen molar-refractivity contribution in [3.05, 3.63) is 60.9 Å². The summed E-state index contributed by atoms with van der Waals surface area (Å²) in [4.78, 5) is 19.8. The van der Waals surface area contributed by atoms with Crippen molar-refractivity contribution in [1.29, 1.82) is 0 Å². The van der Waals surface area contributed by atoms with E-state index in [0.29, 0.717) is 17.1 Å². The Morgan fingerprint density at radius 1 is 1.14 bits per heavy atom. The number of aromatic nitrogens is 4. The topological polar surface area (TPSA) is 98.7 Å².